The summed E-state index contributed by atoms with van der Waals surface area (Å²) in [6.07, 6.45) is 1.71. The van der Waals surface area contributed by atoms with Gasteiger partial charge in [0, 0.05) is 42.7 Å². The van der Waals surface area contributed by atoms with Crippen molar-refractivity contribution < 1.29 is 14.3 Å². The Morgan fingerprint density at radius 3 is 2.71 bits per heavy atom. The number of para-hydroxylation sites is 1. The van der Waals surface area contributed by atoms with Crippen LogP contribution in [-0.4, -0.2) is 37.0 Å². The summed E-state index contributed by atoms with van der Waals surface area (Å²) < 4.78 is 5.78. The van der Waals surface area contributed by atoms with Gasteiger partial charge in [-0.3, -0.25) is 14.6 Å². The van der Waals surface area contributed by atoms with Crippen LogP contribution in [0.4, 0.5) is 17.1 Å². The van der Waals surface area contributed by atoms with Crippen molar-refractivity contribution in [3.05, 3.63) is 77.6 Å². The molecule has 4 heterocycles. The van der Waals surface area contributed by atoms with Crippen LogP contribution in [-0.2, 0) is 21.5 Å². The van der Waals surface area contributed by atoms with Crippen molar-refractivity contribution in [2.75, 3.05) is 35.3 Å². The highest BCUT2D eigenvalue weighted by atomic mass is 16.5. The Bertz CT molecular complexity index is 1240. The maximum Gasteiger partial charge on any atom is 0.252 e. The van der Waals surface area contributed by atoms with E-state index in [0.29, 0.717) is 42.3 Å². The molecule has 3 aliphatic rings. The van der Waals surface area contributed by atoms with E-state index in [9.17, 15) is 9.59 Å². The van der Waals surface area contributed by atoms with E-state index < -0.39 is 5.41 Å². The van der Waals surface area contributed by atoms with Crippen LogP contribution in [0.1, 0.15) is 16.8 Å². The number of ether oxygens (including phenoxy) is 1. The zero-order chi connectivity index (χ0) is 21.2. The van der Waals surface area contributed by atoms with Gasteiger partial charge in [0.15, 0.2) is 5.41 Å². The third-order valence-electron chi connectivity index (χ3n) is 6.37. The molecule has 0 fully saturated rings. The fourth-order valence-corrected chi connectivity index (χ4v) is 4.96. The summed E-state index contributed by atoms with van der Waals surface area (Å²) in [5.74, 6) is 0.211. The molecule has 31 heavy (non-hydrogen) atoms. The lowest BCUT2D eigenvalue weighted by Crippen LogP contribution is -2.48. The quantitative estimate of drug-likeness (QED) is 0.655. The largest absolute Gasteiger partial charge is 0.490 e. The van der Waals surface area contributed by atoms with Crippen molar-refractivity contribution in [3.8, 4) is 5.75 Å². The Kier molecular flexibility index (Phi) is 3.65. The monoisotopic (exact) mass is 412 g/mol. The summed E-state index contributed by atoms with van der Waals surface area (Å²) in [4.78, 5) is 35.5. The number of pyridine rings is 1. The summed E-state index contributed by atoms with van der Waals surface area (Å²) >= 11 is 0. The van der Waals surface area contributed by atoms with Crippen LogP contribution >= 0.6 is 0 Å². The zero-order valence-electron chi connectivity index (χ0n) is 17.0. The standard InChI is InChI=1S/C24H20N4O3/c1-27-20-13-21-18(26-10-11-31-21)12-17(20)24(22(27)29)16-7-2-3-8-19(16)28(23(24)30)14-15-6-4-5-9-25-15/h2-9,12-13,26H,10-11,14H2,1H3. The fraction of sp³-hybridized carbons (Fsp3) is 0.208. The number of carbonyl (C=O) groups excluding carboxylic acids is 2. The molecule has 1 N–H and O–H groups in total. The van der Waals surface area contributed by atoms with Gasteiger partial charge < -0.3 is 19.9 Å². The van der Waals surface area contributed by atoms with Crippen LogP contribution in [0.5, 0.6) is 5.75 Å². The van der Waals surface area contributed by atoms with Crippen LogP contribution in [0.15, 0.2) is 60.8 Å². The van der Waals surface area contributed by atoms with E-state index in [1.807, 2.05) is 54.6 Å². The van der Waals surface area contributed by atoms with E-state index >= 15 is 0 Å². The number of anilines is 3. The zero-order valence-corrected chi connectivity index (χ0v) is 17.0. The van der Waals surface area contributed by atoms with Crippen LogP contribution < -0.4 is 19.9 Å². The number of amides is 2. The van der Waals surface area contributed by atoms with Gasteiger partial charge >= 0.3 is 0 Å². The first-order valence-corrected chi connectivity index (χ1v) is 10.3. The van der Waals surface area contributed by atoms with E-state index in [-0.39, 0.29) is 11.8 Å². The van der Waals surface area contributed by atoms with Gasteiger partial charge in [-0.05, 0) is 24.3 Å². The van der Waals surface area contributed by atoms with E-state index in [0.717, 1.165) is 17.1 Å². The fourth-order valence-electron chi connectivity index (χ4n) is 4.96. The van der Waals surface area contributed by atoms with Crippen LogP contribution in [0.2, 0.25) is 0 Å². The van der Waals surface area contributed by atoms with E-state index in [4.69, 9.17) is 4.74 Å². The van der Waals surface area contributed by atoms with Crippen LogP contribution in [0.3, 0.4) is 0 Å². The molecule has 1 unspecified atom stereocenters. The van der Waals surface area contributed by atoms with Gasteiger partial charge in [-0.1, -0.05) is 24.3 Å². The predicted octanol–water partition coefficient (Wildman–Crippen LogP) is 2.70. The number of likely N-dealkylation sites (N-methyl/N-ethyl adjacent to an activating group) is 1. The van der Waals surface area contributed by atoms with Crippen molar-refractivity contribution in [2.24, 2.45) is 0 Å². The number of hydrogen-bond acceptors (Lipinski definition) is 5. The molecular weight excluding hydrogens is 392 g/mol. The molecular formula is C24H20N4O3. The Hall–Kier alpha value is -3.87. The molecule has 3 aliphatic heterocycles. The van der Waals surface area contributed by atoms with Gasteiger partial charge in [-0.2, -0.15) is 0 Å². The second-order valence-corrected chi connectivity index (χ2v) is 7.98. The minimum Gasteiger partial charge on any atom is -0.490 e. The molecule has 0 bridgehead atoms. The second kappa shape index (κ2) is 6.31. The van der Waals surface area contributed by atoms with Gasteiger partial charge in [0.05, 0.1) is 23.6 Å². The van der Waals surface area contributed by atoms with Crippen molar-refractivity contribution in [2.45, 2.75) is 12.0 Å². The molecule has 1 aromatic heterocycles. The van der Waals surface area contributed by atoms with Gasteiger partial charge in [0.25, 0.3) is 11.8 Å². The lowest BCUT2D eigenvalue weighted by Gasteiger charge is -2.25. The average Bonchev–Trinajstić information content (AvgIpc) is 3.18. The minimum atomic E-state index is -1.40. The molecule has 6 rings (SSSR count). The van der Waals surface area contributed by atoms with E-state index in [2.05, 4.69) is 10.3 Å². The normalized spacial score (nSPS) is 20.9. The SMILES string of the molecule is CN1C(=O)C2(C(=O)N(Cc3ccccn3)c3ccccc32)c2cc3c(cc21)OCCN3. The molecule has 2 amide bonds. The molecule has 2 aromatic carbocycles. The van der Waals surface area contributed by atoms with Crippen molar-refractivity contribution >= 4 is 28.9 Å². The molecule has 0 saturated carbocycles. The molecule has 1 spiro atoms. The Labute approximate surface area is 179 Å². The van der Waals surface area contributed by atoms with Crippen molar-refractivity contribution in [3.63, 3.8) is 0 Å². The molecule has 0 aliphatic carbocycles. The molecule has 154 valence electrons. The Balaban J connectivity index is 1.57. The molecule has 0 saturated heterocycles. The topological polar surface area (TPSA) is 74.8 Å². The second-order valence-electron chi connectivity index (χ2n) is 7.98. The molecule has 0 radical (unpaired) electrons. The van der Waals surface area contributed by atoms with E-state index in [1.54, 1.807) is 23.0 Å². The number of nitrogens with one attached hydrogen (secondary N) is 1. The summed E-state index contributed by atoms with van der Waals surface area (Å²) in [6, 6.07) is 16.9. The first kappa shape index (κ1) is 17.9. The van der Waals surface area contributed by atoms with Gasteiger partial charge in [0.1, 0.15) is 12.4 Å². The minimum absolute atomic E-state index is 0.244. The first-order chi connectivity index (χ1) is 15.1. The summed E-state index contributed by atoms with van der Waals surface area (Å²) in [5, 5.41) is 3.33. The maximum absolute atomic E-state index is 14.1. The van der Waals surface area contributed by atoms with Crippen LogP contribution in [0, 0.1) is 0 Å². The maximum atomic E-state index is 14.1. The van der Waals surface area contributed by atoms with Crippen molar-refractivity contribution in [1.82, 2.24) is 4.98 Å². The molecule has 7 nitrogen and oxygen atoms in total. The molecule has 3 aromatic rings. The number of carbonyl (C=O) groups is 2. The highest BCUT2D eigenvalue weighted by molar-refractivity contribution is 6.31. The summed E-state index contributed by atoms with van der Waals surface area (Å²) in [6.45, 7) is 1.55. The Morgan fingerprint density at radius 2 is 1.87 bits per heavy atom. The molecule has 7 heteroatoms. The smallest absolute Gasteiger partial charge is 0.252 e. The third kappa shape index (κ3) is 2.26. The lowest BCUT2D eigenvalue weighted by atomic mass is 9.76. The number of nitrogens with zero attached hydrogens (tertiary/aromatic N) is 3. The number of benzene rings is 2. The average molecular weight is 412 g/mol. The number of fused-ring (bicyclic) bond motifs is 5. The number of hydrogen-bond donors (Lipinski definition) is 1. The van der Waals surface area contributed by atoms with E-state index in [1.165, 1.54) is 0 Å². The predicted molar refractivity (Wildman–Crippen MR) is 116 cm³/mol. The highest BCUT2D eigenvalue weighted by Gasteiger charge is 2.63. The highest BCUT2D eigenvalue weighted by Crippen LogP contribution is 2.55. The van der Waals surface area contributed by atoms with Gasteiger partial charge in [0.2, 0.25) is 0 Å². The third-order valence-corrected chi connectivity index (χ3v) is 6.37. The number of aromatic nitrogens is 1. The number of rotatable bonds is 2. The van der Waals surface area contributed by atoms with Crippen LogP contribution in [0.25, 0.3) is 0 Å². The van der Waals surface area contributed by atoms with Gasteiger partial charge in [-0.25, -0.2) is 0 Å². The molecule has 1 atom stereocenters. The summed E-state index contributed by atoms with van der Waals surface area (Å²) in [7, 11) is 1.72. The Morgan fingerprint density at radius 1 is 1.03 bits per heavy atom. The lowest BCUT2D eigenvalue weighted by molar-refractivity contribution is -0.131. The van der Waals surface area contributed by atoms with Gasteiger partial charge in [-0.15, -0.1) is 0 Å². The summed E-state index contributed by atoms with van der Waals surface area (Å²) in [5.41, 5.74) is 3.03. The first-order valence-electron chi connectivity index (χ1n) is 10.3. The van der Waals surface area contributed by atoms with Crippen molar-refractivity contribution in [1.29, 1.82) is 0 Å².